The molecule has 0 bridgehead atoms. The number of likely N-dealkylation sites (tertiary alicyclic amines) is 1. The zero-order chi connectivity index (χ0) is 13.4. The maximum atomic E-state index is 13.2. The van der Waals surface area contributed by atoms with Crippen molar-refractivity contribution in [3.05, 3.63) is 34.6 Å². The van der Waals surface area contributed by atoms with Gasteiger partial charge in [0.1, 0.15) is 5.82 Å². The number of carbonyl (C=O) groups excluding carboxylic acids is 1. The first-order valence-electron chi connectivity index (χ1n) is 6.61. The van der Waals surface area contributed by atoms with E-state index in [2.05, 4.69) is 5.32 Å². The molecule has 2 atom stereocenters. The van der Waals surface area contributed by atoms with E-state index in [1.165, 1.54) is 18.2 Å². The van der Waals surface area contributed by atoms with Crippen LogP contribution in [0.2, 0.25) is 5.02 Å². The zero-order valence-corrected chi connectivity index (χ0v) is 11.3. The van der Waals surface area contributed by atoms with Crippen LogP contribution in [0.5, 0.6) is 0 Å². The fourth-order valence-corrected chi connectivity index (χ4v) is 3.19. The molecule has 2 heterocycles. The summed E-state index contributed by atoms with van der Waals surface area (Å²) >= 11 is 6.05. The van der Waals surface area contributed by atoms with Gasteiger partial charge in [-0.1, -0.05) is 11.6 Å². The molecule has 0 aliphatic carbocycles. The predicted octanol–water partition coefficient (Wildman–Crippen LogP) is 2.19. The van der Waals surface area contributed by atoms with E-state index in [0.29, 0.717) is 23.7 Å². The topological polar surface area (TPSA) is 32.3 Å². The number of piperidine rings is 1. The number of nitrogens with one attached hydrogen (secondary N) is 1. The molecule has 2 aliphatic rings. The van der Waals surface area contributed by atoms with Crippen molar-refractivity contribution >= 4 is 17.5 Å². The van der Waals surface area contributed by atoms with Crippen molar-refractivity contribution in [2.45, 2.75) is 25.4 Å². The Labute approximate surface area is 116 Å². The van der Waals surface area contributed by atoms with Crippen molar-refractivity contribution in [3.63, 3.8) is 0 Å². The van der Waals surface area contributed by atoms with Gasteiger partial charge in [0.2, 0.25) is 5.91 Å². The predicted molar refractivity (Wildman–Crippen MR) is 71.3 cm³/mol. The number of hydrogen-bond acceptors (Lipinski definition) is 2. The van der Waals surface area contributed by atoms with Crippen LogP contribution in [-0.2, 0) is 11.3 Å². The molecule has 0 saturated carbocycles. The number of amides is 1. The molecule has 0 spiro atoms. The maximum absolute atomic E-state index is 13.2. The Morgan fingerprint density at radius 3 is 3.11 bits per heavy atom. The van der Waals surface area contributed by atoms with E-state index in [-0.39, 0.29) is 23.7 Å². The van der Waals surface area contributed by atoms with Crippen LogP contribution in [0.3, 0.4) is 0 Å². The lowest BCUT2D eigenvalue weighted by Crippen LogP contribution is -2.41. The lowest BCUT2D eigenvalue weighted by molar-refractivity contribution is -0.131. The number of rotatable bonds is 2. The van der Waals surface area contributed by atoms with E-state index in [1.807, 2.05) is 0 Å². The summed E-state index contributed by atoms with van der Waals surface area (Å²) in [4.78, 5) is 14.1. The van der Waals surface area contributed by atoms with Gasteiger partial charge < -0.3 is 10.2 Å². The van der Waals surface area contributed by atoms with Crippen molar-refractivity contribution < 1.29 is 9.18 Å². The van der Waals surface area contributed by atoms with Crippen LogP contribution in [-0.4, -0.2) is 29.9 Å². The second kappa shape index (κ2) is 5.10. The molecule has 1 aromatic rings. The second-order valence-corrected chi connectivity index (χ2v) is 5.67. The Balaban J connectivity index is 1.76. The van der Waals surface area contributed by atoms with E-state index in [0.717, 1.165) is 19.4 Å². The molecule has 1 aromatic carbocycles. The van der Waals surface area contributed by atoms with Gasteiger partial charge in [-0.3, -0.25) is 4.79 Å². The molecule has 5 heteroatoms. The average Bonchev–Trinajstić information content (AvgIpc) is 2.72. The molecule has 2 aliphatic heterocycles. The average molecular weight is 283 g/mol. The van der Waals surface area contributed by atoms with E-state index in [1.54, 1.807) is 4.90 Å². The molecule has 1 amide bonds. The summed E-state index contributed by atoms with van der Waals surface area (Å²) < 4.78 is 13.2. The van der Waals surface area contributed by atoms with Gasteiger partial charge in [-0.05, 0) is 43.1 Å². The van der Waals surface area contributed by atoms with Crippen LogP contribution in [0.4, 0.5) is 4.39 Å². The van der Waals surface area contributed by atoms with Crippen molar-refractivity contribution in [3.8, 4) is 0 Å². The molecule has 2 saturated heterocycles. The highest BCUT2D eigenvalue weighted by Gasteiger charge is 2.41. The summed E-state index contributed by atoms with van der Waals surface area (Å²) in [5.74, 6) is -0.0693. The number of hydrogen-bond donors (Lipinski definition) is 1. The van der Waals surface area contributed by atoms with E-state index in [9.17, 15) is 9.18 Å². The molecular weight excluding hydrogens is 267 g/mol. The van der Waals surface area contributed by atoms with Crippen molar-refractivity contribution in [1.29, 1.82) is 0 Å². The van der Waals surface area contributed by atoms with Crippen LogP contribution in [0.1, 0.15) is 18.4 Å². The smallest absolute Gasteiger partial charge is 0.227 e. The van der Waals surface area contributed by atoms with Crippen molar-refractivity contribution in [2.75, 3.05) is 13.1 Å². The van der Waals surface area contributed by atoms with Gasteiger partial charge >= 0.3 is 0 Å². The standard InChI is InChI=1S/C14H16ClFN2O/c15-12-4-3-10(16)6-9(12)7-18-8-13-11(14(18)19)2-1-5-17-13/h3-4,6,11,13,17H,1-2,5,7-8H2. The van der Waals surface area contributed by atoms with Gasteiger partial charge in [0.25, 0.3) is 0 Å². The van der Waals surface area contributed by atoms with Crippen LogP contribution >= 0.6 is 11.6 Å². The lowest BCUT2D eigenvalue weighted by Gasteiger charge is -2.23. The Morgan fingerprint density at radius 2 is 2.32 bits per heavy atom. The van der Waals surface area contributed by atoms with E-state index >= 15 is 0 Å². The largest absolute Gasteiger partial charge is 0.336 e. The minimum atomic E-state index is -0.318. The molecule has 2 fully saturated rings. The quantitative estimate of drug-likeness (QED) is 0.902. The molecule has 3 nitrogen and oxygen atoms in total. The van der Waals surface area contributed by atoms with Gasteiger partial charge in [0.05, 0.1) is 5.92 Å². The lowest BCUT2D eigenvalue weighted by atomic mass is 9.94. The third kappa shape index (κ3) is 2.47. The van der Waals surface area contributed by atoms with Gasteiger partial charge in [0, 0.05) is 24.2 Å². The van der Waals surface area contributed by atoms with Gasteiger partial charge in [-0.15, -0.1) is 0 Å². The normalized spacial score (nSPS) is 26.6. The van der Waals surface area contributed by atoms with Crippen LogP contribution < -0.4 is 5.32 Å². The number of halogens is 2. The van der Waals surface area contributed by atoms with Gasteiger partial charge in [-0.25, -0.2) is 4.39 Å². The number of benzene rings is 1. The van der Waals surface area contributed by atoms with Crippen LogP contribution in [0.25, 0.3) is 0 Å². The minimum absolute atomic E-state index is 0.0843. The first-order valence-corrected chi connectivity index (χ1v) is 6.99. The SMILES string of the molecule is O=C1C2CCCNC2CN1Cc1cc(F)ccc1Cl. The summed E-state index contributed by atoms with van der Waals surface area (Å²) in [6.07, 6.45) is 1.99. The first kappa shape index (κ1) is 12.9. The number of fused-ring (bicyclic) bond motifs is 1. The highest BCUT2D eigenvalue weighted by molar-refractivity contribution is 6.31. The zero-order valence-electron chi connectivity index (χ0n) is 10.5. The monoisotopic (exact) mass is 282 g/mol. The Hall–Kier alpha value is -1.13. The van der Waals surface area contributed by atoms with Crippen molar-refractivity contribution in [1.82, 2.24) is 10.2 Å². The fourth-order valence-electron chi connectivity index (χ4n) is 3.01. The summed E-state index contributed by atoms with van der Waals surface area (Å²) in [5, 5.41) is 3.89. The third-order valence-corrected chi connectivity index (χ3v) is 4.37. The molecule has 3 rings (SSSR count). The molecular formula is C14H16ClFN2O. The summed E-state index contributed by atoms with van der Waals surface area (Å²) in [6, 6.07) is 4.52. The van der Waals surface area contributed by atoms with E-state index in [4.69, 9.17) is 11.6 Å². The summed E-state index contributed by atoms with van der Waals surface area (Å²) in [7, 11) is 0. The molecule has 0 aromatic heterocycles. The second-order valence-electron chi connectivity index (χ2n) is 5.26. The number of nitrogens with zero attached hydrogens (tertiary/aromatic N) is 1. The van der Waals surface area contributed by atoms with Crippen molar-refractivity contribution in [2.24, 2.45) is 5.92 Å². The highest BCUT2D eigenvalue weighted by atomic mass is 35.5. The molecule has 2 unspecified atom stereocenters. The summed E-state index contributed by atoms with van der Waals surface area (Å²) in [5.41, 5.74) is 0.675. The van der Waals surface area contributed by atoms with Gasteiger partial charge in [0.15, 0.2) is 0 Å². The van der Waals surface area contributed by atoms with Gasteiger partial charge in [-0.2, -0.15) is 0 Å². The Morgan fingerprint density at radius 1 is 1.47 bits per heavy atom. The fraction of sp³-hybridized carbons (Fsp3) is 0.500. The molecule has 0 radical (unpaired) electrons. The minimum Gasteiger partial charge on any atom is -0.336 e. The molecule has 19 heavy (non-hydrogen) atoms. The first-order chi connectivity index (χ1) is 9.15. The highest BCUT2D eigenvalue weighted by Crippen LogP contribution is 2.29. The Kier molecular flexibility index (Phi) is 3.46. The third-order valence-electron chi connectivity index (χ3n) is 4.00. The summed E-state index contributed by atoms with van der Waals surface area (Å²) in [6.45, 7) is 2.06. The molecule has 1 N–H and O–H groups in total. The van der Waals surface area contributed by atoms with Crippen LogP contribution in [0.15, 0.2) is 18.2 Å². The van der Waals surface area contributed by atoms with E-state index < -0.39 is 0 Å². The Bertz CT molecular complexity index is 508. The van der Waals surface area contributed by atoms with Crippen LogP contribution in [0, 0.1) is 11.7 Å². The maximum Gasteiger partial charge on any atom is 0.227 e. The number of carbonyl (C=O) groups is 1. The molecule has 102 valence electrons.